The minimum absolute atomic E-state index is 0.244. The summed E-state index contributed by atoms with van der Waals surface area (Å²) in [5.74, 6) is -2.25. The molecule has 4 nitrogen and oxygen atoms in total. The fourth-order valence-electron chi connectivity index (χ4n) is 2.82. The highest BCUT2D eigenvalue weighted by atomic mass is 16.7. The molecule has 0 N–H and O–H groups in total. The molecule has 0 saturated carbocycles. The number of rotatable bonds is 3. The molecule has 1 heterocycles. The Kier molecular flexibility index (Phi) is 6.56. The third kappa shape index (κ3) is 5.81. The highest BCUT2D eigenvalue weighted by Gasteiger charge is 2.41. The van der Waals surface area contributed by atoms with E-state index in [1.165, 1.54) is 16.7 Å². The van der Waals surface area contributed by atoms with Gasteiger partial charge < -0.3 is 9.47 Å². The summed E-state index contributed by atoms with van der Waals surface area (Å²) in [6, 6.07) is 19.0. The summed E-state index contributed by atoms with van der Waals surface area (Å²) >= 11 is 0. The smallest absolute Gasteiger partial charge is 0.348 e. The first-order valence-electron chi connectivity index (χ1n) is 8.98. The Bertz CT molecular complexity index is 784. The molecule has 0 radical (unpaired) electrons. The first-order valence-corrected chi connectivity index (χ1v) is 8.98. The van der Waals surface area contributed by atoms with E-state index in [-0.39, 0.29) is 11.5 Å². The molecule has 0 aliphatic carbocycles. The van der Waals surface area contributed by atoms with Crippen molar-refractivity contribution in [2.45, 2.75) is 39.9 Å². The van der Waals surface area contributed by atoms with Crippen molar-refractivity contribution in [3.8, 4) is 11.1 Å². The topological polar surface area (TPSA) is 52.6 Å². The summed E-state index contributed by atoms with van der Waals surface area (Å²) in [6.45, 7) is 10.9. The second-order valence-electron chi connectivity index (χ2n) is 7.22. The number of cyclic esters (lactones) is 2. The van der Waals surface area contributed by atoms with E-state index in [2.05, 4.69) is 62.0 Å². The monoisotopic (exact) mass is 366 g/mol. The second-order valence-corrected chi connectivity index (χ2v) is 7.22. The van der Waals surface area contributed by atoms with E-state index < -0.39 is 17.7 Å². The van der Waals surface area contributed by atoms with Crippen LogP contribution in [0, 0.1) is 12.8 Å². The van der Waals surface area contributed by atoms with Gasteiger partial charge in [-0.3, -0.25) is 0 Å². The van der Waals surface area contributed by atoms with Gasteiger partial charge in [-0.05, 0) is 24.0 Å². The molecule has 1 saturated heterocycles. The van der Waals surface area contributed by atoms with Gasteiger partial charge in [-0.15, -0.1) is 0 Å². The molecule has 0 atom stereocenters. The number of hydrogen-bond acceptors (Lipinski definition) is 4. The fraction of sp³-hybridized carbons (Fsp3) is 0.304. The quantitative estimate of drug-likeness (QED) is 0.432. The van der Waals surface area contributed by atoms with Gasteiger partial charge in [0.15, 0.2) is 0 Å². The number of aryl methyl sites for hydroxylation is 1. The predicted molar refractivity (Wildman–Crippen MR) is 106 cm³/mol. The number of esters is 2. The van der Waals surface area contributed by atoms with Crippen LogP contribution in [0.5, 0.6) is 0 Å². The van der Waals surface area contributed by atoms with Crippen LogP contribution in [0.4, 0.5) is 0 Å². The molecule has 142 valence electrons. The summed E-state index contributed by atoms with van der Waals surface area (Å²) in [6.07, 6.45) is 0.484. The van der Waals surface area contributed by atoms with Crippen molar-refractivity contribution >= 4 is 11.9 Å². The zero-order valence-electron chi connectivity index (χ0n) is 16.3. The van der Waals surface area contributed by atoms with Crippen molar-refractivity contribution in [2.75, 3.05) is 0 Å². The highest BCUT2D eigenvalue weighted by Crippen LogP contribution is 2.28. The lowest BCUT2D eigenvalue weighted by Crippen LogP contribution is -2.44. The number of ether oxygens (including phenoxy) is 2. The maximum Gasteiger partial charge on any atom is 0.348 e. The van der Waals surface area contributed by atoms with Gasteiger partial charge in [0.2, 0.25) is 0 Å². The number of benzene rings is 2. The van der Waals surface area contributed by atoms with Crippen molar-refractivity contribution in [3.05, 3.63) is 72.3 Å². The summed E-state index contributed by atoms with van der Waals surface area (Å²) < 4.78 is 9.97. The predicted octanol–water partition coefficient (Wildman–Crippen LogP) is 5.07. The molecule has 0 spiro atoms. The van der Waals surface area contributed by atoms with Gasteiger partial charge in [0, 0.05) is 13.3 Å². The molecule has 0 unspecified atom stereocenters. The minimum Gasteiger partial charge on any atom is -0.419 e. The molecule has 27 heavy (non-hydrogen) atoms. The molecule has 1 fully saturated rings. The summed E-state index contributed by atoms with van der Waals surface area (Å²) in [5, 5.41) is 0. The Morgan fingerprint density at radius 2 is 1.37 bits per heavy atom. The number of carbonyl (C=O) groups is 2. The van der Waals surface area contributed by atoms with Gasteiger partial charge in [-0.25, -0.2) is 9.59 Å². The first kappa shape index (κ1) is 20.4. The van der Waals surface area contributed by atoms with E-state index in [0.717, 1.165) is 0 Å². The van der Waals surface area contributed by atoms with Gasteiger partial charge in [0.25, 0.3) is 5.79 Å². The van der Waals surface area contributed by atoms with Crippen LogP contribution in [0.3, 0.4) is 0 Å². The first-order chi connectivity index (χ1) is 12.7. The highest BCUT2D eigenvalue weighted by molar-refractivity contribution is 6.14. The van der Waals surface area contributed by atoms with Gasteiger partial charge >= 0.3 is 11.9 Å². The largest absolute Gasteiger partial charge is 0.419 e. The summed E-state index contributed by atoms with van der Waals surface area (Å²) in [4.78, 5) is 22.4. The Balaban J connectivity index is 0.000000194. The Hall–Kier alpha value is -2.88. The maximum absolute atomic E-state index is 11.2. The SMILES string of the molecule is C=C1C(=O)OC(C)(CC(C)C)OC1=O.Cc1ccc(-c2ccccc2)cc1. The summed E-state index contributed by atoms with van der Waals surface area (Å²) in [7, 11) is 0. The van der Waals surface area contributed by atoms with E-state index in [9.17, 15) is 9.59 Å². The van der Waals surface area contributed by atoms with Crippen LogP contribution < -0.4 is 0 Å². The van der Waals surface area contributed by atoms with Crippen LogP contribution in [0.2, 0.25) is 0 Å². The van der Waals surface area contributed by atoms with E-state index in [1.807, 2.05) is 19.9 Å². The lowest BCUT2D eigenvalue weighted by atomic mass is 10.0. The average Bonchev–Trinajstić information content (AvgIpc) is 2.60. The Morgan fingerprint density at radius 3 is 1.85 bits per heavy atom. The summed E-state index contributed by atoms with van der Waals surface area (Å²) in [5.41, 5.74) is 3.62. The third-order valence-electron chi connectivity index (χ3n) is 4.05. The second kappa shape index (κ2) is 8.67. The molecule has 0 bridgehead atoms. The molecule has 2 aromatic rings. The zero-order valence-corrected chi connectivity index (χ0v) is 16.3. The fourth-order valence-corrected chi connectivity index (χ4v) is 2.82. The minimum atomic E-state index is -1.14. The standard InChI is InChI=1S/C13H12.C10H14O4/c1-11-7-9-13(10-8-11)12-5-3-2-4-6-12;1-6(2)5-10(4)13-8(11)7(3)9(12)14-10/h2-10H,1H3;6H,3,5H2,1-2,4H3. The van der Waals surface area contributed by atoms with Crippen molar-refractivity contribution in [3.63, 3.8) is 0 Å². The normalized spacial score (nSPS) is 15.5. The molecule has 0 amide bonds. The molecule has 2 aromatic carbocycles. The Morgan fingerprint density at radius 1 is 0.889 bits per heavy atom. The van der Waals surface area contributed by atoms with Gasteiger partial charge in [0.05, 0.1) is 0 Å². The van der Waals surface area contributed by atoms with Crippen LogP contribution in [0.1, 0.15) is 32.8 Å². The lowest BCUT2D eigenvalue weighted by Gasteiger charge is -2.34. The lowest BCUT2D eigenvalue weighted by molar-refractivity contribution is -0.233. The van der Waals surface area contributed by atoms with Crippen LogP contribution in [0.25, 0.3) is 11.1 Å². The number of hydrogen-bond donors (Lipinski definition) is 0. The van der Waals surface area contributed by atoms with E-state index in [4.69, 9.17) is 9.47 Å². The van der Waals surface area contributed by atoms with E-state index in [0.29, 0.717) is 6.42 Å². The third-order valence-corrected chi connectivity index (χ3v) is 4.05. The van der Waals surface area contributed by atoms with Crippen molar-refractivity contribution < 1.29 is 19.1 Å². The molecule has 4 heteroatoms. The van der Waals surface area contributed by atoms with Gasteiger partial charge in [-0.1, -0.05) is 80.6 Å². The molecule has 0 aromatic heterocycles. The van der Waals surface area contributed by atoms with Crippen LogP contribution in [-0.2, 0) is 19.1 Å². The zero-order chi connectivity index (χ0) is 20.0. The van der Waals surface area contributed by atoms with Crippen molar-refractivity contribution in [1.82, 2.24) is 0 Å². The van der Waals surface area contributed by atoms with Crippen molar-refractivity contribution in [1.29, 1.82) is 0 Å². The molecule has 1 aliphatic heterocycles. The molecule has 1 aliphatic rings. The van der Waals surface area contributed by atoms with Crippen LogP contribution in [0.15, 0.2) is 66.7 Å². The van der Waals surface area contributed by atoms with Gasteiger partial charge in [0.1, 0.15) is 5.57 Å². The van der Waals surface area contributed by atoms with Crippen LogP contribution >= 0.6 is 0 Å². The Labute approximate surface area is 160 Å². The van der Waals surface area contributed by atoms with E-state index in [1.54, 1.807) is 6.92 Å². The van der Waals surface area contributed by atoms with Crippen molar-refractivity contribution in [2.24, 2.45) is 5.92 Å². The molecule has 3 rings (SSSR count). The number of carbonyl (C=O) groups excluding carboxylic acids is 2. The van der Waals surface area contributed by atoms with Crippen LogP contribution in [-0.4, -0.2) is 17.7 Å². The van der Waals surface area contributed by atoms with E-state index >= 15 is 0 Å². The average molecular weight is 366 g/mol. The maximum atomic E-state index is 11.2. The molecular formula is C23H26O4. The van der Waals surface area contributed by atoms with Gasteiger partial charge in [-0.2, -0.15) is 0 Å². The molecular weight excluding hydrogens is 340 g/mol.